The topological polar surface area (TPSA) is 71.5 Å². The highest BCUT2D eigenvalue weighted by atomic mass is 16.5. The van der Waals surface area contributed by atoms with E-state index >= 15 is 0 Å². The van der Waals surface area contributed by atoms with Gasteiger partial charge in [0.15, 0.2) is 0 Å². The summed E-state index contributed by atoms with van der Waals surface area (Å²) in [6.07, 6.45) is 1.57. The normalized spacial score (nSPS) is 9.95. The molecule has 0 aliphatic heterocycles. The molecule has 1 rings (SSSR count). The van der Waals surface area contributed by atoms with Crippen LogP contribution in [0.2, 0.25) is 0 Å². The van der Waals surface area contributed by atoms with Crippen LogP contribution in [-0.2, 0) is 4.79 Å². The molecule has 2 amide bonds. The number of aromatic nitrogens is 1. The summed E-state index contributed by atoms with van der Waals surface area (Å²) in [7, 11) is 0. The lowest BCUT2D eigenvalue weighted by atomic mass is 10.2. The first-order chi connectivity index (χ1) is 9.63. The second kappa shape index (κ2) is 8.14. The standard InChI is InChI=1S/C14H21N3O3/c1-4-15-12(18)10-17(5-2)14(19)11-8-7-9-16-13(11)20-6-3/h7-9H,4-6,10H2,1-3H3,(H,15,18). The molecule has 0 aromatic carbocycles. The van der Waals surface area contributed by atoms with Crippen LogP contribution in [0.25, 0.3) is 0 Å². The number of ether oxygens (including phenoxy) is 1. The van der Waals surface area contributed by atoms with Gasteiger partial charge in [0.1, 0.15) is 5.56 Å². The van der Waals surface area contributed by atoms with Crippen molar-refractivity contribution >= 4 is 11.8 Å². The van der Waals surface area contributed by atoms with Crippen LogP contribution in [0.5, 0.6) is 5.88 Å². The van der Waals surface area contributed by atoms with E-state index in [-0.39, 0.29) is 18.4 Å². The van der Waals surface area contributed by atoms with Crippen molar-refractivity contribution in [2.24, 2.45) is 0 Å². The van der Waals surface area contributed by atoms with Gasteiger partial charge in [0.05, 0.1) is 13.2 Å². The van der Waals surface area contributed by atoms with Crippen LogP contribution >= 0.6 is 0 Å². The molecule has 1 aromatic heterocycles. The summed E-state index contributed by atoms with van der Waals surface area (Å²) >= 11 is 0. The molecule has 0 aliphatic carbocycles. The van der Waals surface area contributed by atoms with Crippen molar-refractivity contribution in [2.45, 2.75) is 20.8 Å². The lowest BCUT2D eigenvalue weighted by molar-refractivity contribution is -0.121. The van der Waals surface area contributed by atoms with E-state index in [0.29, 0.717) is 31.1 Å². The van der Waals surface area contributed by atoms with Gasteiger partial charge < -0.3 is 15.0 Å². The Morgan fingerprint density at radius 3 is 2.70 bits per heavy atom. The highest BCUT2D eigenvalue weighted by Gasteiger charge is 2.21. The smallest absolute Gasteiger partial charge is 0.259 e. The zero-order chi connectivity index (χ0) is 15.0. The molecule has 110 valence electrons. The van der Waals surface area contributed by atoms with Gasteiger partial charge in [-0.3, -0.25) is 9.59 Å². The molecule has 0 unspecified atom stereocenters. The molecule has 0 spiro atoms. The summed E-state index contributed by atoms with van der Waals surface area (Å²) in [5.41, 5.74) is 0.375. The maximum atomic E-state index is 12.4. The molecule has 0 saturated heterocycles. The summed E-state index contributed by atoms with van der Waals surface area (Å²) in [4.78, 5) is 29.6. The Morgan fingerprint density at radius 2 is 2.10 bits per heavy atom. The predicted molar refractivity (Wildman–Crippen MR) is 75.7 cm³/mol. The first-order valence-corrected chi connectivity index (χ1v) is 6.77. The summed E-state index contributed by atoms with van der Waals surface area (Å²) in [6.45, 7) is 6.94. The van der Waals surface area contributed by atoms with Crippen LogP contribution in [0.4, 0.5) is 0 Å². The van der Waals surface area contributed by atoms with E-state index in [4.69, 9.17) is 4.74 Å². The van der Waals surface area contributed by atoms with E-state index in [1.54, 1.807) is 18.3 Å². The van der Waals surface area contributed by atoms with Gasteiger partial charge in [0.25, 0.3) is 5.91 Å². The SMILES string of the molecule is CCNC(=O)CN(CC)C(=O)c1cccnc1OCC. The molecule has 6 nitrogen and oxygen atoms in total. The quantitative estimate of drug-likeness (QED) is 0.810. The molecule has 0 aliphatic rings. The molecular formula is C14H21N3O3. The van der Waals surface area contributed by atoms with Gasteiger partial charge >= 0.3 is 0 Å². The van der Waals surface area contributed by atoms with Crippen molar-refractivity contribution in [3.8, 4) is 5.88 Å². The highest BCUT2D eigenvalue weighted by molar-refractivity contribution is 5.98. The minimum absolute atomic E-state index is 0.0314. The van der Waals surface area contributed by atoms with Crippen molar-refractivity contribution in [3.63, 3.8) is 0 Å². The van der Waals surface area contributed by atoms with Crippen molar-refractivity contribution in [3.05, 3.63) is 23.9 Å². The third-order valence-corrected chi connectivity index (χ3v) is 2.66. The third-order valence-electron chi connectivity index (χ3n) is 2.66. The molecule has 1 heterocycles. The van der Waals surface area contributed by atoms with Crippen LogP contribution in [-0.4, -0.2) is 47.9 Å². The van der Waals surface area contributed by atoms with Crippen LogP contribution in [0, 0.1) is 0 Å². The molecule has 0 bridgehead atoms. The predicted octanol–water partition coefficient (Wildman–Crippen LogP) is 1.08. The highest BCUT2D eigenvalue weighted by Crippen LogP contribution is 2.16. The molecule has 0 fully saturated rings. The fraction of sp³-hybridized carbons (Fsp3) is 0.500. The number of carbonyl (C=O) groups is 2. The first kappa shape index (κ1) is 15.9. The second-order valence-corrected chi connectivity index (χ2v) is 4.06. The number of nitrogens with one attached hydrogen (secondary N) is 1. The molecule has 1 N–H and O–H groups in total. The Morgan fingerprint density at radius 1 is 1.35 bits per heavy atom. The van der Waals surface area contributed by atoms with E-state index in [1.807, 2.05) is 20.8 Å². The van der Waals surface area contributed by atoms with Crippen LogP contribution in [0.3, 0.4) is 0 Å². The van der Waals surface area contributed by atoms with Crippen molar-refractivity contribution in [1.29, 1.82) is 0 Å². The van der Waals surface area contributed by atoms with E-state index in [2.05, 4.69) is 10.3 Å². The number of hydrogen-bond acceptors (Lipinski definition) is 4. The largest absolute Gasteiger partial charge is 0.477 e. The van der Waals surface area contributed by atoms with Crippen LogP contribution in [0.1, 0.15) is 31.1 Å². The zero-order valence-electron chi connectivity index (χ0n) is 12.2. The van der Waals surface area contributed by atoms with Crippen molar-refractivity contribution in [1.82, 2.24) is 15.2 Å². The first-order valence-electron chi connectivity index (χ1n) is 6.77. The van der Waals surface area contributed by atoms with Gasteiger partial charge in [0, 0.05) is 19.3 Å². The molecule has 20 heavy (non-hydrogen) atoms. The maximum Gasteiger partial charge on any atom is 0.259 e. The second-order valence-electron chi connectivity index (χ2n) is 4.06. The van der Waals surface area contributed by atoms with E-state index in [1.165, 1.54) is 4.90 Å². The minimum atomic E-state index is -0.254. The summed E-state index contributed by atoms with van der Waals surface area (Å²) in [5, 5.41) is 2.68. The van der Waals surface area contributed by atoms with Gasteiger partial charge in [0.2, 0.25) is 11.8 Å². The molecule has 0 saturated carbocycles. The van der Waals surface area contributed by atoms with E-state index in [9.17, 15) is 9.59 Å². The van der Waals surface area contributed by atoms with Crippen LogP contribution < -0.4 is 10.1 Å². The Bertz CT molecular complexity index is 463. The van der Waals surface area contributed by atoms with Gasteiger partial charge in [-0.1, -0.05) is 0 Å². The van der Waals surface area contributed by atoms with Crippen molar-refractivity contribution < 1.29 is 14.3 Å². The maximum absolute atomic E-state index is 12.4. The number of rotatable bonds is 7. The monoisotopic (exact) mass is 279 g/mol. The third kappa shape index (κ3) is 4.22. The summed E-state index contributed by atoms with van der Waals surface area (Å²) in [5.74, 6) is -0.130. The number of carbonyl (C=O) groups excluding carboxylic acids is 2. The van der Waals surface area contributed by atoms with Gasteiger partial charge in [-0.25, -0.2) is 4.98 Å². The number of hydrogen-bond donors (Lipinski definition) is 1. The van der Waals surface area contributed by atoms with Crippen LogP contribution in [0.15, 0.2) is 18.3 Å². The fourth-order valence-corrected chi connectivity index (χ4v) is 1.73. The lowest BCUT2D eigenvalue weighted by Crippen LogP contribution is -2.40. The Hall–Kier alpha value is -2.11. The van der Waals surface area contributed by atoms with Crippen molar-refractivity contribution in [2.75, 3.05) is 26.2 Å². The fourth-order valence-electron chi connectivity index (χ4n) is 1.73. The average Bonchev–Trinajstić information content (AvgIpc) is 2.45. The molecule has 0 radical (unpaired) electrons. The van der Waals surface area contributed by atoms with Gasteiger partial charge in [-0.05, 0) is 32.9 Å². The number of nitrogens with zero attached hydrogens (tertiary/aromatic N) is 2. The lowest BCUT2D eigenvalue weighted by Gasteiger charge is -2.21. The number of pyridine rings is 1. The Kier molecular flexibility index (Phi) is 6.49. The Labute approximate surface area is 119 Å². The molecule has 1 aromatic rings. The summed E-state index contributed by atoms with van der Waals surface area (Å²) < 4.78 is 5.35. The van der Waals surface area contributed by atoms with E-state index in [0.717, 1.165) is 0 Å². The number of likely N-dealkylation sites (N-methyl/N-ethyl adjacent to an activating group) is 2. The minimum Gasteiger partial charge on any atom is -0.477 e. The molecular weight excluding hydrogens is 258 g/mol. The average molecular weight is 279 g/mol. The summed E-state index contributed by atoms with van der Waals surface area (Å²) in [6, 6.07) is 3.33. The molecule has 6 heteroatoms. The van der Waals surface area contributed by atoms with Gasteiger partial charge in [-0.15, -0.1) is 0 Å². The Balaban J connectivity index is 2.88. The molecule has 0 atom stereocenters. The van der Waals surface area contributed by atoms with Gasteiger partial charge in [-0.2, -0.15) is 0 Å². The number of amides is 2. The zero-order valence-corrected chi connectivity index (χ0v) is 12.2. The van der Waals surface area contributed by atoms with E-state index < -0.39 is 0 Å².